The van der Waals surface area contributed by atoms with Gasteiger partial charge >= 0.3 is 11.9 Å². The van der Waals surface area contributed by atoms with Crippen LogP contribution < -0.4 is 4.74 Å². The molecule has 0 fully saturated rings. The first-order valence-corrected chi connectivity index (χ1v) is 9.19. The molecule has 0 spiro atoms. The van der Waals surface area contributed by atoms with Crippen molar-refractivity contribution in [2.45, 2.75) is 51.9 Å². The highest BCUT2D eigenvalue weighted by Crippen LogP contribution is 2.17. The summed E-state index contributed by atoms with van der Waals surface area (Å²) >= 11 is 5.79. The predicted molar refractivity (Wildman–Crippen MR) is 96.9 cm³/mol. The fourth-order valence-corrected chi connectivity index (χ4v) is 2.38. The number of benzene rings is 1. The van der Waals surface area contributed by atoms with Crippen molar-refractivity contribution in [2.24, 2.45) is 0 Å². The average Bonchev–Trinajstić information content (AvgIpc) is 2.57. The Kier molecular flexibility index (Phi) is 11.7. The molecule has 0 radical (unpaired) electrons. The normalized spacial score (nSPS) is 10.5. The van der Waals surface area contributed by atoms with Crippen LogP contribution in [-0.2, 0) is 19.1 Å². The maximum atomic E-state index is 11.6. The molecule has 0 bridgehead atoms. The number of hydrogen-bond acceptors (Lipinski definition) is 5. The van der Waals surface area contributed by atoms with Crippen LogP contribution in [0.1, 0.15) is 51.9 Å². The van der Waals surface area contributed by atoms with Crippen LogP contribution in [0.2, 0.25) is 5.02 Å². The summed E-state index contributed by atoms with van der Waals surface area (Å²) in [5.74, 6) is -0.730. The fraction of sp³-hybridized carbons (Fsp3) is 0.579. The molecule has 0 amide bonds. The lowest BCUT2D eigenvalue weighted by atomic mass is 10.1. The molecule has 6 heteroatoms. The summed E-state index contributed by atoms with van der Waals surface area (Å²) in [7, 11) is 0. The average molecular weight is 371 g/mol. The number of halogens is 1. The molecule has 1 aromatic rings. The van der Waals surface area contributed by atoms with Gasteiger partial charge in [-0.3, -0.25) is 0 Å². The topological polar surface area (TPSA) is 61.8 Å². The van der Waals surface area contributed by atoms with E-state index in [9.17, 15) is 9.59 Å². The molecule has 0 aromatic heterocycles. The van der Waals surface area contributed by atoms with Gasteiger partial charge < -0.3 is 14.2 Å². The molecule has 0 saturated carbocycles. The molecular formula is C19H27ClO5. The van der Waals surface area contributed by atoms with E-state index >= 15 is 0 Å². The van der Waals surface area contributed by atoms with Crippen molar-refractivity contribution < 1.29 is 23.8 Å². The highest BCUT2D eigenvalue weighted by atomic mass is 35.5. The second-order valence-corrected chi connectivity index (χ2v) is 6.20. The summed E-state index contributed by atoms with van der Waals surface area (Å²) in [6, 6.07) is 6.49. The summed E-state index contributed by atoms with van der Waals surface area (Å²) in [5, 5.41) is 0.472. The molecule has 25 heavy (non-hydrogen) atoms. The van der Waals surface area contributed by atoms with Crippen molar-refractivity contribution in [1.82, 2.24) is 0 Å². The lowest BCUT2D eigenvalue weighted by Crippen LogP contribution is -2.20. The van der Waals surface area contributed by atoms with Crippen LogP contribution in [0, 0.1) is 0 Å². The molecular weight excluding hydrogens is 344 g/mol. The van der Waals surface area contributed by atoms with Crippen LogP contribution in [0.3, 0.4) is 0 Å². The zero-order chi connectivity index (χ0) is 18.3. The van der Waals surface area contributed by atoms with E-state index in [-0.39, 0.29) is 13.2 Å². The monoisotopic (exact) mass is 370 g/mol. The number of carbonyl (C=O) groups excluding carboxylic acids is 2. The molecule has 0 saturated heterocycles. The zero-order valence-electron chi connectivity index (χ0n) is 14.8. The Balaban J connectivity index is 2.00. The smallest absolute Gasteiger partial charge is 0.337 e. The first-order chi connectivity index (χ1) is 12.1. The second kappa shape index (κ2) is 13.7. The highest BCUT2D eigenvalue weighted by Gasteiger charge is 2.08. The van der Waals surface area contributed by atoms with Gasteiger partial charge in [0.25, 0.3) is 0 Å². The Bertz CT molecular complexity index is 518. The Morgan fingerprint density at radius 3 is 2.36 bits per heavy atom. The van der Waals surface area contributed by atoms with E-state index < -0.39 is 11.9 Å². The van der Waals surface area contributed by atoms with Gasteiger partial charge in [0.15, 0.2) is 0 Å². The van der Waals surface area contributed by atoms with Crippen LogP contribution in [0.15, 0.2) is 24.3 Å². The predicted octanol–water partition coefficient (Wildman–Crippen LogP) is 4.56. The van der Waals surface area contributed by atoms with Crippen LogP contribution in [0.4, 0.5) is 0 Å². The molecule has 0 aliphatic heterocycles. The van der Waals surface area contributed by atoms with Gasteiger partial charge in [0.2, 0.25) is 0 Å². The van der Waals surface area contributed by atoms with Crippen LogP contribution >= 0.6 is 11.6 Å². The highest BCUT2D eigenvalue weighted by molar-refractivity contribution is 6.30. The lowest BCUT2D eigenvalue weighted by Gasteiger charge is -2.07. The van der Waals surface area contributed by atoms with Crippen molar-refractivity contribution in [3.8, 4) is 5.75 Å². The van der Waals surface area contributed by atoms with Crippen LogP contribution in [-0.4, -0.2) is 31.8 Å². The molecule has 140 valence electrons. The Morgan fingerprint density at radius 2 is 1.64 bits per heavy atom. The number of esters is 2. The summed E-state index contributed by atoms with van der Waals surface area (Å²) in [6.07, 6.45) is 8.12. The minimum Gasteiger partial charge on any atom is -0.464 e. The van der Waals surface area contributed by atoms with Gasteiger partial charge in [0.1, 0.15) is 19.0 Å². The first kappa shape index (κ1) is 21.5. The van der Waals surface area contributed by atoms with Crippen molar-refractivity contribution in [3.05, 3.63) is 29.3 Å². The van der Waals surface area contributed by atoms with E-state index in [0.717, 1.165) is 12.8 Å². The maximum absolute atomic E-state index is 11.6. The van der Waals surface area contributed by atoms with Crippen molar-refractivity contribution in [1.29, 1.82) is 0 Å². The van der Waals surface area contributed by atoms with Gasteiger partial charge in [0.05, 0.1) is 6.61 Å². The first-order valence-electron chi connectivity index (χ1n) is 8.81. The van der Waals surface area contributed by atoms with Crippen molar-refractivity contribution >= 4 is 23.5 Å². The fourth-order valence-electron chi connectivity index (χ4n) is 2.20. The summed E-state index contributed by atoms with van der Waals surface area (Å²) in [4.78, 5) is 23.1. The van der Waals surface area contributed by atoms with E-state index in [1.54, 1.807) is 18.2 Å². The van der Waals surface area contributed by atoms with Gasteiger partial charge in [-0.15, -0.1) is 0 Å². The standard InChI is InChI=1S/C19H27ClO5/c1-2-3-4-5-6-7-8-12-24-18(21)14-23-15-19(22)25-17-11-9-10-16(20)13-17/h9-11,13H,2-8,12,14-15H2,1H3. The van der Waals surface area contributed by atoms with Gasteiger partial charge in [0, 0.05) is 5.02 Å². The van der Waals surface area contributed by atoms with E-state index in [4.69, 9.17) is 25.8 Å². The third-order valence-electron chi connectivity index (χ3n) is 3.48. The second-order valence-electron chi connectivity index (χ2n) is 5.77. The SMILES string of the molecule is CCCCCCCCCOC(=O)COCC(=O)Oc1cccc(Cl)c1. The molecule has 5 nitrogen and oxygen atoms in total. The zero-order valence-corrected chi connectivity index (χ0v) is 15.6. The summed E-state index contributed by atoms with van der Waals surface area (Å²) in [5.41, 5.74) is 0. The van der Waals surface area contributed by atoms with Gasteiger partial charge in [-0.2, -0.15) is 0 Å². The van der Waals surface area contributed by atoms with Crippen LogP contribution in [0.25, 0.3) is 0 Å². The van der Waals surface area contributed by atoms with Crippen molar-refractivity contribution in [2.75, 3.05) is 19.8 Å². The minimum absolute atomic E-state index is 0.263. The lowest BCUT2D eigenvalue weighted by molar-refractivity contribution is -0.152. The Hall–Kier alpha value is -1.59. The van der Waals surface area contributed by atoms with Gasteiger partial charge in [-0.25, -0.2) is 9.59 Å². The van der Waals surface area contributed by atoms with E-state index in [0.29, 0.717) is 17.4 Å². The third-order valence-corrected chi connectivity index (χ3v) is 3.71. The molecule has 0 atom stereocenters. The molecule has 0 N–H and O–H groups in total. The number of carbonyl (C=O) groups is 2. The van der Waals surface area contributed by atoms with E-state index in [1.807, 2.05) is 0 Å². The number of rotatable bonds is 13. The summed E-state index contributed by atoms with van der Waals surface area (Å²) in [6.45, 7) is 2.00. The molecule has 0 heterocycles. The Labute approximate surface area is 154 Å². The maximum Gasteiger partial charge on any atom is 0.337 e. The third kappa shape index (κ3) is 11.6. The molecule has 1 aromatic carbocycles. The van der Waals surface area contributed by atoms with Gasteiger partial charge in [-0.1, -0.05) is 63.1 Å². The number of unbranched alkanes of at least 4 members (excludes halogenated alkanes) is 6. The van der Waals surface area contributed by atoms with E-state index in [1.165, 1.54) is 38.2 Å². The quantitative estimate of drug-likeness (QED) is 0.289. The Morgan fingerprint density at radius 1 is 0.960 bits per heavy atom. The molecule has 0 aliphatic carbocycles. The number of hydrogen-bond donors (Lipinski definition) is 0. The minimum atomic E-state index is -0.595. The van der Waals surface area contributed by atoms with Crippen molar-refractivity contribution in [3.63, 3.8) is 0 Å². The molecule has 0 unspecified atom stereocenters. The summed E-state index contributed by atoms with van der Waals surface area (Å²) < 4.78 is 15.1. The molecule has 1 rings (SSSR count). The van der Waals surface area contributed by atoms with Crippen LogP contribution in [0.5, 0.6) is 5.75 Å². The van der Waals surface area contributed by atoms with Gasteiger partial charge in [-0.05, 0) is 24.6 Å². The van der Waals surface area contributed by atoms with E-state index in [2.05, 4.69) is 6.92 Å². The largest absolute Gasteiger partial charge is 0.464 e. The molecule has 0 aliphatic rings. The number of ether oxygens (including phenoxy) is 3.